The Kier molecular flexibility index (Phi) is 5.97. The molecule has 0 saturated carbocycles. The van der Waals surface area contributed by atoms with Crippen LogP contribution >= 0.6 is 0 Å². The Bertz CT molecular complexity index is 429. The number of aromatic hydroxyl groups is 1. The molecule has 7 heteroatoms. The summed E-state index contributed by atoms with van der Waals surface area (Å²) >= 11 is 0. The number of hydrogen-bond acceptors (Lipinski definition) is 5. The van der Waals surface area contributed by atoms with Gasteiger partial charge in [0.05, 0.1) is 0 Å². The fraction of sp³-hybridized carbons (Fsp3) is 0.333. The lowest BCUT2D eigenvalue weighted by atomic mass is 10.2. The first-order chi connectivity index (χ1) is 7.34. The zero-order valence-electron chi connectivity index (χ0n) is 8.92. The Balaban J connectivity index is 0.000000487. The largest absolute Gasteiger partial charge is 0.506 e. The third kappa shape index (κ3) is 4.58. The molecule has 1 rings (SSSR count). The predicted molar refractivity (Wildman–Crippen MR) is 60.8 cm³/mol. The van der Waals surface area contributed by atoms with Gasteiger partial charge in [0, 0.05) is 13.1 Å². The summed E-state index contributed by atoms with van der Waals surface area (Å²) in [6, 6.07) is 4.12. The molecular weight excluding hydrogens is 232 g/mol. The molecule has 0 amide bonds. The van der Waals surface area contributed by atoms with Crippen molar-refractivity contribution < 1.29 is 18.1 Å². The van der Waals surface area contributed by atoms with Gasteiger partial charge in [-0.25, -0.2) is 0 Å². The van der Waals surface area contributed by atoms with Crippen LogP contribution in [0.15, 0.2) is 23.1 Å². The van der Waals surface area contributed by atoms with Crippen LogP contribution in [0.5, 0.6) is 5.75 Å². The van der Waals surface area contributed by atoms with Gasteiger partial charge in [0.2, 0.25) is 0 Å². The van der Waals surface area contributed by atoms with Crippen LogP contribution in [0.2, 0.25) is 0 Å². The first-order valence-electron chi connectivity index (χ1n) is 4.50. The van der Waals surface area contributed by atoms with E-state index in [4.69, 9.17) is 16.0 Å². The zero-order chi connectivity index (χ0) is 12.8. The van der Waals surface area contributed by atoms with E-state index in [-0.39, 0.29) is 0 Å². The Morgan fingerprint density at radius 1 is 1.25 bits per heavy atom. The Labute approximate surface area is 94.6 Å². The number of para-hydroxylation sites is 1. The molecule has 92 valence electrons. The zero-order valence-corrected chi connectivity index (χ0v) is 9.74. The summed E-state index contributed by atoms with van der Waals surface area (Å²) in [6.45, 7) is 2.74. The maximum absolute atomic E-state index is 10.6. The van der Waals surface area contributed by atoms with E-state index in [2.05, 4.69) is 0 Å². The molecule has 0 radical (unpaired) electrons. The van der Waals surface area contributed by atoms with Crippen LogP contribution in [-0.2, 0) is 10.1 Å². The molecule has 0 atom stereocenters. The Morgan fingerprint density at radius 3 is 2.06 bits per heavy atom. The van der Waals surface area contributed by atoms with Gasteiger partial charge in [0.1, 0.15) is 10.6 Å². The molecule has 0 unspecified atom stereocenters. The maximum Gasteiger partial charge on any atom is 0.298 e. The molecule has 0 saturated heterocycles. The minimum absolute atomic E-state index is 0.403. The van der Waals surface area contributed by atoms with E-state index in [0.29, 0.717) is 18.7 Å². The molecule has 0 bridgehead atoms. The van der Waals surface area contributed by atoms with Crippen LogP contribution in [0.25, 0.3) is 0 Å². The number of phenolic OH excluding ortho intramolecular Hbond substituents is 1. The predicted octanol–water partition coefficient (Wildman–Crippen LogP) is -0.149. The summed E-state index contributed by atoms with van der Waals surface area (Å²) in [4.78, 5) is -0.456. The van der Waals surface area contributed by atoms with Gasteiger partial charge in [-0.15, -0.1) is 0 Å². The van der Waals surface area contributed by atoms with Crippen LogP contribution < -0.4 is 11.5 Å². The summed E-state index contributed by atoms with van der Waals surface area (Å²) in [7, 11) is -4.31. The lowest BCUT2D eigenvalue weighted by molar-refractivity contribution is 0.440. The lowest BCUT2D eigenvalue weighted by Crippen LogP contribution is -2.11. The molecule has 0 fully saturated rings. The van der Waals surface area contributed by atoms with E-state index in [1.807, 2.05) is 0 Å². The number of hydrogen-bond donors (Lipinski definition) is 4. The first-order valence-corrected chi connectivity index (χ1v) is 5.94. The molecular formula is C9H16N2O4S. The van der Waals surface area contributed by atoms with E-state index in [0.717, 1.165) is 6.07 Å². The molecule has 16 heavy (non-hydrogen) atoms. The number of phenols is 1. The summed E-state index contributed by atoms with van der Waals surface area (Å²) in [5, 5.41) is 9.19. The SMILES string of the molecule is Cc1cccc(S(=O)(=O)O)c1O.NCCN. The fourth-order valence-corrected chi connectivity index (χ4v) is 1.50. The van der Waals surface area contributed by atoms with E-state index in [9.17, 15) is 13.5 Å². The van der Waals surface area contributed by atoms with Gasteiger partial charge in [-0.2, -0.15) is 8.42 Å². The van der Waals surface area contributed by atoms with Crippen LogP contribution in [0, 0.1) is 6.92 Å². The van der Waals surface area contributed by atoms with Gasteiger partial charge in [-0.1, -0.05) is 12.1 Å². The topological polar surface area (TPSA) is 127 Å². The minimum Gasteiger partial charge on any atom is -0.506 e. The smallest absolute Gasteiger partial charge is 0.298 e. The number of benzene rings is 1. The molecule has 0 aliphatic carbocycles. The second-order valence-corrected chi connectivity index (χ2v) is 4.36. The number of aryl methyl sites for hydroxylation is 1. The van der Waals surface area contributed by atoms with Crippen molar-refractivity contribution in [1.29, 1.82) is 0 Å². The molecule has 0 heterocycles. The van der Waals surface area contributed by atoms with Gasteiger partial charge in [-0.3, -0.25) is 4.55 Å². The number of rotatable bonds is 2. The van der Waals surface area contributed by atoms with Crippen molar-refractivity contribution in [3.8, 4) is 5.75 Å². The van der Waals surface area contributed by atoms with E-state index in [1.165, 1.54) is 6.07 Å². The van der Waals surface area contributed by atoms with Crippen LogP contribution in [-0.4, -0.2) is 31.2 Å². The summed E-state index contributed by atoms with van der Waals surface area (Å²) < 4.78 is 29.8. The van der Waals surface area contributed by atoms with Gasteiger partial charge >= 0.3 is 0 Å². The minimum atomic E-state index is -4.31. The Morgan fingerprint density at radius 2 is 1.75 bits per heavy atom. The van der Waals surface area contributed by atoms with E-state index in [1.54, 1.807) is 13.0 Å². The lowest BCUT2D eigenvalue weighted by Gasteiger charge is -2.02. The first kappa shape index (κ1) is 14.8. The molecule has 0 aromatic heterocycles. The van der Waals surface area contributed by atoms with Crippen LogP contribution in [0.3, 0.4) is 0 Å². The van der Waals surface area contributed by atoms with Crippen LogP contribution in [0.4, 0.5) is 0 Å². The van der Waals surface area contributed by atoms with Gasteiger partial charge < -0.3 is 16.6 Å². The van der Waals surface area contributed by atoms with Crippen molar-refractivity contribution in [3.05, 3.63) is 23.8 Å². The summed E-state index contributed by atoms with van der Waals surface area (Å²) in [5.41, 5.74) is 10.2. The average Bonchev–Trinajstić information content (AvgIpc) is 2.21. The molecule has 0 spiro atoms. The Hall–Kier alpha value is -1.15. The van der Waals surface area contributed by atoms with Crippen molar-refractivity contribution in [2.75, 3.05) is 13.1 Å². The standard InChI is InChI=1S/C7H8O4S.C2H8N2/c1-5-3-2-4-6(7(5)8)12(9,10)11;3-1-2-4/h2-4,8H,1H3,(H,9,10,11);1-4H2. The van der Waals surface area contributed by atoms with Gasteiger partial charge in [0.15, 0.2) is 0 Å². The second-order valence-electron chi connectivity index (χ2n) is 2.97. The van der Waals surface area contributed by atoms with E-state index < -0.39 is 20.8 Å². The molecule has 1 aromatic rings. The van der Waals surface area contributed by atoms with Gasteiger partial charge in [0.25, 0.3) is 10.1 Å². The van der Waals surface area contributed by atoms with Crippen molar-refractivity contribution in [1.82, 2.24) is 0 Å². The highest BCUT2D eigenvalue weighted by Gasteiger charge is 2.15. The third-order valence-electron chi connectivity index (χ3n) is 1.65. The summed E-state index contributed by atoms with van der Waals surface area (Å²) in [6.07, 6.45) is 0. The van der Waals surface area contributed by atoms with Crippen LogP contribution in [0.1, 0.15) is 5.56 Å². The summed E-state index contributed by atoms with van der Waals surface area (Å²) in [5.74, 6) is -0.403. The highest BCUT2D eigenvalue weighted by atomic mass is 32.2. The molecule has 0 aliphatic rings. The van der Waals surface area contributed by atoms with Crippen molar-refractivity contribution >= 4 is 10.1 Å². The normalized spacial score (nSPS) is 10.5. The monoisotopic (exact) mass is 248 g/mol. The molecule has 1 aromatic carbocycles. The van der Waals surface area contributed by atoms with Crippen molar-refractivity contribution in [2.45, 2.75) is 11.8 Å². The average molecular weight is 248 g/mol. The maximum atomic E-state index is 10.6. The fourth-order valence-electron chi connectivity index (χ4n) is 0.840. The van der Waals surface area contributed by atoms with Crippen molar-refractivity contribution in [2.24, 2.45) is 11.5 Å². The molecule has 6 N–H and O–H groups in total. The molecule has 6 nitrogen and oxygen atoms in total. The third-order valence-corrected chi connectivity index (χ3v) is 2.53. The van der Waals surface area contributed by atoms with Crippen molar-refractivity contribution in [3.63, 3.8) is 0 Å². The second kappa shape index (κ2) is 6.44. The quantitative estimate of drug-likeness (QED) is 0.539. The molecule has 0 aliphatic heterocycles. The number of nitrogens with two attached hydrogens (primary N) is 2. The van der Waals surface area contributed by atoms with E-state index >= 15 is 0 Å². The highest BCUT2D eigenvalue weighted by Crippen LogP contribution is 2.25. The van der Waals surface area contributed by atoms with Gasteiger partial charge in [-0.05, 0) is 18.6 Å². The highest BCUT2D eigenvalue weighted by molar-refractivity contribution is 7.86.